The van der Waals surface area contributed by atoms with Crippen LogP contribution in [0.15, 0.2) is 17.8 Å². The Labute approximate surface area is 101 Å². The highest BCUT2D eigenvalue weighted by Crippen LogP contribution is 2.12. The molecule has 0 atom stereocenters. The molecule has 0 aromatic carbocycles. The summed E-state index contributed by atoms with van der Waals surface area (Å²) in [5, 5.41) is 5.77. The van der Waals surface area contributed by atoms with Crippen molar-refractivity contribution >= 4 is 28.8 Å². The number of anilines is 1. The molecule has 0 aliphatic heterocycles. The van der Waals surface area contributed by atoms with Gasteiger partial charge in [0, 0.05) is 24.5 Å². The van der Waals surface area contributed by atoms with E-state index in [9.17, 15) is 4.39 Å². The molecule has 0 radical (unpaired) electrons. The van der Waals surface area contributed by atoms with Crippen LogP contribution >= 0.6 is 22.9 Å². The van der Waals surface area contributed by atoms with E-state index < -0.39 is 5.82 Å². The molecule has 0 aliphatic carbocycles. The second-order valence-corrected chi connectivity index (χ2v) is 4.26. The zero-order chi connectivity index (χ0) is 11.4. The summed E-state index contributed by atoms with van der Waals surface area (Å²) in [5.41, 5.74) is 0. The molecule has 0 fully saturated rings. The maximum atomic E-state index is 13.2. The minimum absolute atomic E-state index is 0.0261. The van der Waals surface area contributed by atoms with Crippen molar-refractivity contribution in [1.82, 2.24) is 15.0 Å². The first-order valence-electron chi connectivity index (χ1n) is 4.56. The van der Waals surface area contributed by atoms with Crippen molar-refractivity contribution in [1.29, 1.82) is 0 Å². The fourth-order valence-corrected chi connectivity index (χ4v) is 1.89. The van der Waals surface area contributed by atoms with Gasteiger partial charge in [0.15, 0.2) is 11.6 Å². The number of halogens is 2. The summed E-state index contributed by atoms with van der Waals surface area (Å²) in [6, 6.07) is 0. The first-order chi connectivity index (χ1) is 7.75. The van der Waals surface area contributed by atoms with Crippen LogP contribution in [0, 0.1) is 5.82 Å². The molecule has 16 heavy (non-hydrogen) atoms. The number of hydrogen-bond acceptors (Lipinski definition) is 5. The van der Waals surface area contributed by atoms with Crippen LogP contribution in [0.4, 0.5) is 10.2 Å². The van der Waals surface area contributed by atoms with Gasteiger partial charge in [0.1, 0.15) is 0 Å². The number of nitrogens with zero attached hydrogens (tertiary/aromatic N) is 3. The fourth-order valence-electron chi connectivity index (χ4n) is 1.13. The van der Waals surface area contributed by atoms with E-state index in [4.69, 9.17) is 11.6 Å². The monoisotopic (exact) mass is 258 g/mol. The van der Waals surface area contributed by atoms with Gasteiger partial charge in [0.25, 0.3) is 0 Å². The summed E-state index contributed by atoms with van der Waals surface area (Å²) in [5.74, 6) is -0.389. The summed E-state index contributed by atoms with van der Waals surface area (Å²) in [4.78, 5) is 11.4. The Morgan fingerprint density at radius 1 is 1.44 bits per heavy atom. The van der Waals surface area contributed by atoms with E-state index in [1.54, 1.807) is 17.5 Å². The largest absolute Gasteiger partial charge is 0.367 e. The Kier molecular flexibility index (Phi) is 3.63. The third-order valence-electron chi connectivity index (χ3n) is 1.83. The van der Waals surface area contributed by atoms with Crippen LogP contribution in [-0.2, 0) is 6.42 Å². The third kappa shape index (κ3) is 2.86. The molecular weight excluding hydrogens is 251 g/mol. The quantitative estimate of drug-likeness (QED) is 0.856. The maximum Gasteiger partial charge on any atom is 0.224 e. The van der Waals surface area contributed by atoms with Crippen LogP contribution in [0.2, 0.25) is 5.28 Å². The predicted molar refractivity (Wildman–Crippen MR) is 61.3 cm³/mol. The van der Waals surface area contributed by atoms with Gasteiger partial charge < -0.3 is 5.32 Å². The van der Waals surface area contributed by atoms with Crippen LogP contribution in [0.25, 0.3) is 0 Å². The number of thiazole rings is 1. The van der Waals surface area contributed by atoms with Gasteiger partial charge in [-0.2, -0.15) is 4.98 Å². The molecule has 2 heterocycles. The van der Waals surface area contributed by atoms with E-state index in [1.165, 1.54) is 0 Å². The molecule has 1 N–H and O–H groups in total. The van der Waals surface area contributed by atoms with E-state index in [2.05, 4.69) is 20.3 Å². The van der Waals surface area contributed by atoms with Crippen LogP contribution in [-0.4, -0.2) is 21.5 Å². The molecule has 84 valence electrons. The molecule has 0 unspecified atom stereocenters. The number of hydrogen-bond donors (Lipinski definition) is 1. The molecule has 2 aromatic rings. The lowest BCUT2D eigenvalue weighted by molar-refractivity contribution is 0.616. The lowest BCUT2D eigenvalue weighted by atomic mass is 10.4. The first-order valence-corrected chi connectivity index (χ1v) is 5.82. The van der Waals surface area contributed by atoms with E-state index >= 15 is 0 Å². The Bertz CT molecular complexity index is 463. The van der Waals surface area contributed by atoms with Crippen LogP contribution in [0.5, 0.6) is 0 Å². The number of rotatable bonds is 4. The second-order valence-electron chi connectivity index (χ2n) is 2.94. The number of nitrogens with one attached hydrogen (secondary N) is 1. The van der Waals surface area contributed by atoms with E-state index in [0.29, 0.717) is 6.54 Å². The second kappa shape index (κ2) is 5.18. The molecule has 0 spiro atoms. The molecule has 4 nitrogen and oxygen atoms in total. The fraction of sp³-hybridized carbons (Fsp3) is 0.222. The maximum absolute atomic E-state index is 13.2. The van der Waals surface area contributed by atoms with Gasteiger partial charge in [-0.3, -0.25) is 0 Å². The first kappa shape index (κ1) is 11.2. The Morgan fingerprint density at radius 3 is 3.06 bits per heavy atom. The summed E-state index contributed by atoms with van der Waals surface area (Å²) >= 11 is 7.12. The summed E-state index contributed by atoms with van der Waals surface area (Å²) < 4.78 is 13.2. The average molecular weight is 259 g/mol. The van der Waals surface area contributed by atoms with Gasteiger partial charge in [0.05, 0.1) is 11.2 Å². The van der Waals surface area contributed by atoms with Crippen LogP contribution in [0.3, 0.4) is 0 Å². The summed E-state index contributed by atoms with van der Waals surface area (Å²) in [6.45, 7) is 0.553. The van der Waals surface area contributed by atoms with Crippen molar-refractivity contribution < 1.29 is 4.39 Å². The Hall–Kier alpha value is -1.27. The third-order valence-corrected chi connectivity index (χ3v) is 2.85. The van der Waals surface area contributed by atoms with E-state index in [0.717, 1.165) is 17.6 Å². The number of aromatic nitrogens is 3. The molecule has 0 aliphatic rings. The predicted octanol–water partition coefficient (Wildman–Crippen LogP) is 2.38. The standard InChI is InChI=1S/C9H8ClFN4S/c10-9-14-5-6(11)8(15-9)13-2-1-7-12-3-4-16-7/h3-5H,1-2H2,(H,13,14,15). The van der Waals surface area contributed by atoms with Gasteiger partial charge in [-0.25, -0.2) is 14.4 Å². The zero-order valence-electron chi connectivity index (χ0n) is 8.15. The molecular formula is C9H8ClFN4S. The van der Waals surface area contributed by atoms with Crippen molar-refractivity contribution in [2.24, 2.45) is 0 Å². The Balaban J connectivity index is 1.92. The van der Waals surface area contributed by atoms with Gasteiger partial charge in [-0.1, -0.05) is 0 Å². The molecule has 2 rings (SSSR count). The molecule has 7 heteroatoms. The average Bonchev–Trinajstić information content (AvgIpc) is 2.76. The summed E-state index contributed by atoms with van der Waals surface area (Å²) in [6.07, 6.45) is 3.50. The van der Waals surface area contributed by atoms with Crippen molar-refractivity contribution in [3.63, 3.8) is 0 Å². The van der Waals surface area contributed by atoms with Crippen LogP contribution < -0.4 is 5.32 Å². The van der Waals surface area contributed by atoms with Crippen molar-refractivity contribution in [3.8, 4) is 0 Å². The topological polar surface area (TPSA) is 50.7 Å². The molecule has 0 saturated carbocycles. The van der Waals surface area contributed by atoms with Crippen molar-refractivity contribution in [2.75, 3.05) is 11.9 Å². The lowest BCUT2D eigenvalue weighted by Crippen LogP contribution is -2.08. The summed E-state index contributed by atoms with van der Waals surface area (Å²) in [7, 11) is 0. The van der Waals surface area contributed by atoms with Gasteiger partial charge in [-0.15, -0.1) is 11.3 Å². The SMILES string of the molecule is Fc1cnc(Cl)nc1NCCc1nccs1. The van der Waals surface area contributed by atoms with Crippen molar-refractivity contribution in [2.45, 2.75) is 6.42 Å². The molecule has 0 saturated heterocycles. The molecule has 0 amide bonds. The molecule has 0 bridgehead atoms. The normalized spacial score (nSPS) is 10.4. The minimum Gasteiger partial charge on any atom is -0.367 e. The Morgan fingerprint density at radius 2 is 2.31 bits per heavy atom. The van der Waals surface area contributed by atoms with E-state index in [1.807, 2.05) is 5.38 Å². The van der Waals surface area contributed by atoms with Crippen LogP contribution in [0.1, 0.15) is 5.01 Å². The highest BCUT2D eigenvalue weighted by molar-refractivity contribution is 7.09. The van der Waals surface area contributed by atoms with Crippen molar-refractivity contribution in [3.05, 3.63) is 33.9 Å². The van der Waals surface area contributed by atoms with E-state index in [-0.39, 0.29) is 11.1 Å². The lowest BCUT2D eigenvalue weighted by Gasteiger charge is -2.04. The minimum atomic E-state index is -0.511. The molecule has 2 aromatic heterocycles. The van der Waals surface area contributed by atoms with Gasteiger partial charge >= 0.3 is 0 Å². The smallest absolute Gasteiger partial charge is 0.224 e. The highest BCUT2D eigenvalue weighted by Gasteiger charge is 2.05. The highest BCUT2D eigenvalue weighted by atomic mass is 35.5. The zero-order valence-corrected chi connectivity index (χ0v) is 9.72. The van der Waals surface area contributed by atoms with Gasteiger partial charge in [0.2, 0.25) is 5.28 Å². The van der Waals surface area contributed by atoms with Gasteiger partial charge in [-0.05, 0) is 11.6 Å².